The van der Waals surface area contributed by atoms with Gasteiger partial charge in [0, 0.05) is 10.5 Å². The zero-order valence-corrected chi connectivity index (χ0v) is 13.2. The topological polar surface area (TPSA) is 49.3 Å². The molecule has 2 N–H and O–H groups in total. The molecule has 1 aliphatic rings. The first-order valence-electron chi connectivity index (χ1n) is 6.92. The van der Waals surface area contributed by atoms with Gasteiger partial charge in [-0.3, -0.25) is 4.79 Å². The molecule has 0 aromatic heterocycles. The van der Waals surface area contributed by atoms with Crippen molar-refractivity contribution < 1.29 is 9.90 Å². The van der Waals surface area contributed by atoms with E-state index in [1.165, 1.54) is 11.6 Å². The average molecular weight is 338 g/mol. The van der Waals surface area contributed by atoms with E-state index in [0.717, 1.165) is 35.7 Å². The van der Waals surface area contributed by atoms with Crippen molar-refractivity contribution in [2.75, 3.05) is 6.61 Å². The van der Waals surface area contributed by atoms with Crippen molar-refractivity contribution in [3.8, 4) is 0 Å². The molecule has 0 spiro atoms. The Morgan fingerprint density at radius 3 is 2.75 bits per heavy atom. The molecule has 1 aromatic rings. The third-order valence-corrected chi connectivity index (χ3v) is 4.51. The van der Waals surface area contributed by atoms with Gasteiger partial charge in [-0.15, -0.1) is 0 Å². The van der Waals surface area contributed by atoms with Gasteiger partial charge in [-0.05, 0) is 43.0 Å². The molecule has 1 aliphatic carbocycles. The second kappa shape index (κ2) is 6.55. The van der Waals surface area contributed by atoms with E-state index in [9.17, 15) is 9.90 Å². The van der Waals surface area contributed by atoms with Crippen LogP contribution in [0.15, 0.2) is 28.7 Å². The van der Waals surface area contributed by atoms with Crippen molar-refractivity contribution in [2.45, 2.75) is 38.1 Å². The first-order chi connectivity index (χ1) is 9.54. The van der Waals surface area contributed by atoms with Crippen LogP contribution in [0.1, 0.15) is 36.8 Å². The fourth-order valence-corrected chi connectivity index (χ4v) is 3.24. The van der Waals surface area contributed by atoms with E-state index in [4.69, 9.17) is 0 Å². The van der Waals surface area contributed by atoms with Crippen molar-refractivity contribution in [2.24, 2.45) is 0 Å². The predicted octanol–water partition coefficient (Wildman–Crippen LogP) is 3.19. The summed E-state index contributed by atoms with van der Waals surface area (Å²) >= 11 is 3.49. The molecule has 1 fully saturated rings. The second-order valence-corrected chi connectivity index (χ2v) is 6.35. The lowest BCUT2D eigenvalue weighted by Crippen LogP contribution is -2.48. The molecule has 1 aromatic carbocycles. The van der Waals surface area contributed by atoms with Gasteiger partial charge in [0.25, 0.3) is 0 Å². The highest BCUT2D eigenvalue weighted by molar-refractivity contribution is 9.10. The SMILES string of the molecule is Cc1ccc(C=CC(=O)NC2(CO)CCCC2)c(Br)c1. The molecule has 1 saturated carbocycles. The van der Waals surface area contributed by atoms with E-state index < -0.39 is 5.54 Å². The van der Waals surface area contributed by atoms with Crippen LogP contribution in [0.5, 0.6) is 0 Å². The highest BCUT2D eigenvalue weighted by atomic mass is 79.9. The molecule has 4 heteroatoms. The molecule has 0 saturated heterocycles. The smallest absolute Gasteiger partial charge is 0.244 e. The summed E-state index contributed by atoms with van der Waals surface area (Å²) < 4.78 is 0.972. The standard InChI is InChI=1S/C16H20BrNO2/c1-12-4-5-13(14(17)10-12)6-7-15(20)18-16(11-19)8-2-3-9-16/h4-7,10,19H,2-3,8-9,11H2,1H3,(H,18,20). The Morgan fingerprint density at radius 1 is 1.45 bits per heavy atom. The predicted molar refractivity (Wildman–Crippen MR) is 84.3 cm³/mol. The van der Waals surface area contributed by atoms with Gasteiger partial charge in [0.05, 0.1) is 12.1 Å². The van der Waals surface area contributed by atoms with E-state index in [1.807, 2.05) is 25.1 Å². The van der Waals surface area contributed by atoms with Gasteiger partial charge in [-0.2, -0.15) is 0 Å². The van der Waals surface area contributed by atoms with E-state index in [1.54, 1.807) is 6.08 Å². The van der Waals surface area contributed by atoms with E-state index in [-0.39, 0.29) is 12.5 Å². The number of carbonyl (C=O) groups is 1. The third kappa shape index (κ3) is 3.70. The van der Waals surface area contributed by atoms with Gasteiger partial charge in [-0.25, -0.2) is 0 Å². The van der Waals surface area contributed by atoms with Crippen LogP contribution in [0.4, 0.5) is 0 Å². The maximum atomic E-state index is 12.0. The lowest BCUT2D eigenvalue weighted by atomic mass is 9.99. The number of hydrogen-bond acceptors (Lipinski definition) is 2. The molecule has 0 atom stereocenters. The Morgan fingerprint density at radius 2 is 2.15 bits per heavy atom. The van der Waals surface area contributed by atoms with Crippen LogP contribution in [-0.4, -0.2) is 23.2 Å². The molecule has 20 heavy (non-hydrogen) atoms. The zero-order valence-electron chi connectivity index (χ0n) is 11.7. The van der Waals surface area contributed by atoms with Crippen molar-refractivity contribution in [1.82, 2.24) is 5.32 Å². The molecule has 2 rings (SSSR count). The van der Waals surface area contributed by atoms with E-state index in [0.29, 0.717) is 0 Å². The summed E-state index contributed by atoms with van der Waals surface area (Å²) in [6, 6.07) is 6.00. The number of aliphatic hydroxyl groups excluding tert-OH is 1. The van der Waals surface area contributed by atoms with E-state index in [2.05, 4.69) is 21.2 Å². The highest BCUT2D eigenvalue weighted by Gasteiger charge is 2.33. The second-order valence-electron chi connectivity index (χ2n) is 5.49. The lowest BCUT2D eigenvalue weighted by Gasteiger charge is -2.27. The van der Waals surface area contributed by atoms with Crippen molar-refractivity contribution >= 4 is 27.9 Å². The van der Waals surface area contributed by atoms with Gasteiger partial charge < -0.3 is 10.4 Å². The fourth-order valence-electron chi connectivity index (χ4n) is 2.61. The Balaban J connectivity index is 2.02. The van der Waals surface area contributed by atoms with Crippen molar-refractivity contribution in [1.29, 1.82) is 0 Å². The van der Waals surface area contributed by atoms with Crippen LogP contribution < -0.4 is 5.32 Å². The summed E-state index contributed by atoms with van der Waals surface area (Å²) in [6.45, 7) is 2.04. The number of benzene rings is 1. The van der Waals surface area contributed by atoms with Gasteiger partial charge in [-0.1, -0.05) is 40.9 Å². The first-order valence-corrected chi connectivity index (χ1v) is 7.71. The normalized spacial score (nSPS) is 17.6. The third-order valence-electron chi connectivity index (χ3n) is 3.82. The van der Waals surface area contributed by atoms with Crippen molar-refractivity contribution in [3.05, 3.63) is 39.9 Å². The summed E-state index contributed by atoms with van der Waals surface area (Å²) in [5.41, 5.74) is 1.73. The Hall–Kier alpha value is -1.13. The summed E-state index contributed by atoms with van der Waals surface area (Å²) in [6.07, 6.45) is 7.17. The van der Waals surface area contributed by atoms with Crippen LogP contribution in [-0.2, 0) is 4.79 Å². The Labute approximate surface area is 128 Å². The summed E-state index contributed by atoms with van der Waals surface area (Å²) in [5.74, 6) is -0.145. The van der Waals surface area contributed by atoms with Crippen LogP contribution in [0.2, 0.25) is 0 Å². The minimum absolute atomic E-state index is 0.0147. The van der Waals surface area contributed by atoms with Crippen LogP contribution >= 0.6 is 15.9 Å². The molecule has 0 bridgehead atoms. The Kier molecular flexibility index (Phi) is 5.00. The number of carbonyl (C=O) groups excluding carboxylic acids is 1. The number of hydrogen-bond donors (Lipinski definition) is 2. The molecular weight excluding hydrogens is 318 g/mol. The number of aryl methyl sites for hydroxylation is 1. The molecule has 0 radical (unpaired) electrons. The number of nitrogens with one attached hydrogen (secondary N) is 1. The number of aliphatic hydroxyl groups is 1. The quantitative estimate of drug-likeness (QED) is 0.829. The fraction of sp³-hybridized carbons (Fsp3) is 0.438. The van der Waals surface area contributed by atoms with Crippen molar-refractivity contribution in [3.63, 3.8) is 0 Å². The minimum atomic E-state index is -0.411. The average Bonchev–Trinajstić information content (AvgIpc) is 2.87. The molecule has 0 aliphatic heterocycles. The zero-order chi connectivity index (χ0) is 14.6. The first kappa shape index (κ1) is 15.3. The van der Waals surface area contributed by atoms with Crippen LogP contribution in [0, 0.1) is 6.92 Å². The van der Waals surface area contributed by atoms with Crippen LogP contribution in [0.3, 0.4) is 0 Å². The summed E-state index contributed by atoms with van der Waals surface area (Å²) in [5, 5.41) is 12.4. The van der Waals surface area contributed by atoms with Gasteiger partial charge in [0.2, 0.25) is 5.91 Å². The maximum Gasteiger partial charge on any atom is 0.244 e. The Bertz CT molecular complexity index is 519. The molecule has 0 heterocycles. The molecular formula is C16H20BrNO2. The van der Waals surface area contributed by atoms with Gasteiger partial charge in [0.1, 0.15) is 0 Å². The minimum Gasteiger partial charge on any atom is -0.394 e. The monoisotopic (exact) mass is 337 g/mol. The summed E-state index contributed by atoms with van der Waals surface area (Å²) in [4.78, 5) is 12.0. The number of rotatable bonds is 4. The molecule has 0 unspecified atom stereocenters. The molecule has 1 amide bonds. The number of amides is 1. The largest absolute Gasteiger partial charge is 0.394 e. The molecule has 3 nitrogen and oxygen atoms in total. The van der Waals surface area contributed by atoms with Gasteiger partial charge in [0.15, 0.2) is 0 Å². The van der Waals surface area contributed by atoms with Gasteiger partial charge >= 0.3 is 0 Å². The molecule has 108 valence electrons. The highest BCUT2D eigenvalue weighted by Crippen LogP contribution is 2.29. The van der Waals surface area contributed by atoms with E-state index >= 15 is 0 Å². The maximum absolute atomic E-state index is 12.0. The summed E-state index contributed by atoms with van der Waals surface area (Å²) in [7, 11) is 0. The lowest BCUT2D eigenvalue weighted by molar-refractivity contribution is -0.118. The number of halogens is 1. The van der Waals surface area contributed by atoms with Crippen LogP contribution in [0.25, 0.3) is 6.08 Å².